The van der Waals surface area contributed by atoms with Crippen LogP contribution in [0.3, 0.4) is 0 Å². The number of piperidine rings is 1. The fourth-order valence-corrected chi connectivity index (χ4v) is 5.93. The minimum atomic E-state index is -0.343. The number of nitrogen functional groups attached to an aromatic ring is 1. The van der Waals surface area contributed by atoms with Crippen LogP contribution in [0.1, 0.15) is 24.0 Å². The second-order valence-electron chi connectivity index (χ2n) is 9.86. The molecule has 2 aromatic heterocycles. The van der Waals surface area contributed by atoms with Crippen molar-refractivity contribution in [3.63, 3.8) is 0 Å². The minimum absolute atomic E-state index is 0.329. The number of urea groups is 1. The second kappa shape index (κ2) is 11.9. The summed E-state index contributed by atoms with van der Waals surface area (Å²) < 4.78 is 6.72. The molecule has 2 amide bonds. The van der Waals surface area contributed by atoms with Gasteiger partial charge in [-0.2, -0.15) is 0 Å². The summed E-state index contributed by atoms with van der Waals surface area (Å²) in [4.78, 5) is 19.5. The van der Waals surface area contributed by atoms with E-state index in [9.17, 15) is 4.79 Å². The van der Waals surface area contributed by atoms with Gasteiger partial charge >= 0.3 is 6.03 Å². The van der Waals surface area contributed by atoms with Gasteiger partial charge in [-0.05, 0) is 73.6 Å². The molecule has 0 atom stereocenters. The Kier molecular flexibility index (Phi) is 8.11. The van der Waals surface area contributed by atoms with Gasteiger partial charge in [0.05, 0.1) is 12.8 Å². The molecule has 1 fully saturated rings. The second-order valence-corrected chi connectivity index (χ2v) is 10.7. The van der Waals surface area contributed by atoms with E-state index in [-0.39, 0.29) is 6.03 Å². The largest absolute Gasteiger partial charge is 0.495 e. The van der Waals surface area contributed by atoms with Gasteiger partial charge in [0.25, 0.3) is 0 Å². The average Bonchev–Trinajstić information content (AvgIpc) is 3.38. The Morgan fingerprint density at radius 2 is 2.03 bits per heavy atom. The van der Waals surface area contributed by atoms with E-state index in [1.165, 1.54) is 0 Å². The molecule has 4 aromatic rings. The number of rotatable bonds is 7. The van der Waals surface area contributed by atoms with Gasteiger partial charge in [-0.15, -0.1) is 11.3 Å². The van der Waals surface area contributed by atoms with Gasteiger partial charge in [-0.3, -0.25) is 4.90 Å². The number of carbonyl (C=O) groups excluding carboxylic acids is 1. The number of aryl methyl sites for hydroxylation is 1. The molecule has 39 heavy (non-hydrogen) atoms. The van der Waals surface area contributed by atoms with E-state index in [1.807, 2.05) is 55.6 Å². The van der Waals surface area contributed by atoms with Crippen LogP contribution in [0, 0.1) is 6.92 Å². The maximum absolute atomic E-state index is 12.6. The van der Waals surface area contributed by atoms with Crippen molar-refractivity contribution in [2.45, 2.75) is 25.8 Å². The highest BCUT2D eigenvalue weighted by Crippen LogP contribution is 2.41. The number of fused-ring (bicyclic) bond motifs is 1. The molecule has 0 aliphatic carbocycles. The molecule has 202 valence electrons. The Balaban J connectivity index is 1.35. The van der Waals surface area contributed by atoms with Crippen LogP contribution >= 0.6 is 11.3 Å². The van der Waals surface area contributed by atoms with Crippen LogP contribution in [0.5, 0.6) is 5.75 Å². The van der Waals surface area contributed by atoms with Gasteiger partial charge < -0.3 is 26.8 Å². The first-order chi connectivity index (χ1) is 18.9. The number of nitrogens with one attached hydrogen (secondary N) is 2. The minimum Gasteiger partial charge on any atom is -0.495 e. The molecule has 8 nitrogen and oxygen atoms in total. The fraction of sp³-hybridized carbons (Fsp3) is 0.267. The number of amides is 2. The quantitative estimate of drug-likeness (QED) is 0.229. The average molecular weight is 543 g/mol. The molecule has 0 spiro atoms. The Hall–Kier alpha value is -3.92. The zero-order chi connectivity index (χ0) is 27.4. The van der Waals surface area contributed by atoms with Gasteiger partial charge in [0.15, 0.2) is 0 Å². The molecule has 0 unspecified atom stereocenters. The predicted octanol–water partition coefficient (Wildman–Crippen LogP) is 5.94. The van der Waals surface area contributed by atoms with E-state index >= 15 is 0 Å². The van der Waals surface area contributed by atoms with E-state index in [1.54, 1.807) is 18.4 Å². The predicted molar refractivity (Wildman–Crippen MR) is 163 cm³/mol. The number of nitrogens with zero attached hydrogens (tertiary/aromatic N) is 2. The van der Waals surface area contributed by atoms with Gasteiger partial charge in [0.2, 0.25) is 0 Å². The van der Waals surface area contributed by atoms with E-state index in [0.29, 0.717) is 23.3 Å². The van der Waals surface area contributed by atoms with Crippen LogP contribution in [0.15, 0.2) is 60.1 Å². The van der Waals surface area contributed by atoms with Gasteiger partial charge in [-0.1, -0.05) is 30.4 Å². The summed E-state index contributed by atoms with van der Waals surface area (Å²) in [5.74, 6) is 1.04. The number of pyridine rings is 1. The van der Waals surface area contributed by atoms with Crippen LogP contribution in [0.2, 0.25) is 0 Å². The third kappa shape index (κ3) is 6.22. The molecule has 0 saturated carbocycles. The lowest BCUT2D eigenvalue weighted by molar-refractivity contribution is 0.234. The maximum Gasteiger partial charge on any atom is 0.323 e. The van der Waals surface area contributed by atoms with Crippen LogP contribution in [0.4, 0.5) is 22.0 Å². The summed E-state index contributed by atoms with van der Waals surface area (Å²) in [6.45, 7) is 4.93. The van der Waals surface area contributed by atoms with Crippen molar-refractivity contribution in [3.05, 3.63) is 71.2 Å². The number of hydrogen-bond donors (Lipinski definition) is 4. The summed E-state index contributed by atoms with van der Waals surface area (Å²) in [6.07, 6.45) is 8.25. The molecule has 1 aliphatic heterocycles. The molecule has 1 aliphatic rings. The topological polar surface area (TPSA) is 119 Å². The van der Waals surface area contributed by atoms with Crippen molar-refractivity contribution < 1.29 is 9.53 Å². The van der Waals surface area contributed by atoms with Crippen LogP contribution in [-0.2, 0) is 0 Å². The first-order valence-corrected chi connectivity index (χ1v) is 13.9. The number of aromatic nitrogens is 1. The molecule has 1 saturated heterocycles. The lowest BCUT2D eigenvalue weighted by atomic mass is 10.0. The van der Waals surface area contributed by atoms with Crippen molar-refractivity contribution >= 4 is 50.7 Å². The standard InChI is InChI=1S/C30H34N6O2S/c1-19-5-3-7-23(15-19)34-30(37)35-25-9-8-20(16-26(25)38-2)24-18-39-28-21(17-33-29(32)27(24)28)6-4-12-36-13-10-22(31)11-14-36/h3-9,15-18,22H,10-14,31H2,1-2H3,(H2,32,33)(H2,34,35,37)/b6-4+. The number of methoxy groups -OCH3 is 1. The van der Waals surface area contributed by atoms with Gasteiger partial charge in [0, 0.05) is 45.7 Å². The van der Waals surface area contributed by atoms with E-state index < -0.39 is 0 Å². The normalized spacial score (nSPS) is 14.6. The molecule has 0 bridgehead atoms. The highest BCUT2D eigenvalue weighted by molar-refractivity contribution is 7.18. The monoisotopic (exact) mass is 542 g/mol. The van der Waals surface area contributed by atoms with Crippen LogP contribution in [0.25, 0.3) is 27.3 Å². The molecule has 0 radical (unpaired) electrons. The smallest absolute Gasteiger partial charge is 0.323 e. The molecule has 9 heteroatoms. The van der Waals surface area contributed by atoms with Crippen molar-refractivity contribution in [1.29, 1.82) is 0 Å². The highest BCUT2D eigenvalue weighted by Gasteiger charge is 2.17. The fourth-order valence-electron chi connectivity index (χ4n) is 4.85. The van der Waals surface area contributed by atoms with Crippen molar-refractivity contribution in [1.82, 2.24) is 9.88 Å². The van der Waals surface area contributed by atoms with E-state index in [2.05, 4.69) is 38.0 Å². The SMILES string of the molecule is COc1cc(-c2csc3c(/C=C/CN4CCC(N)CC4)cnc(N)c23)ccc1NC(=O)Nc1cccc(C)c1. The summed E-state index contributed by atoms with van der Waals surface area (Å²) in [5, 5.41) is 8.76. The number of carbonyl (C=O) groups is 1. The number of benzene rings is 2. The first-order valence-electron chi connectivity index (χ1n) is 13.0. The lowest BCUT2D eigenvalue weighted by Crippen LogP contribution is -2.39. The zero-order valence-electron chi connectivity index (χ0n) is 22.2. The third-order valence-corrected chi connectivity index (χ3v) is 8.01. The van der Waals surface area contributed by atoms with E-state index in [4.69, 9.17) is 16.2 Å². The Morgan fingerprint density at radius 3 is 2.79 bits per heavy atom. The lowest BCUT2D eigenvalue weighted by Gasteiger charge is -2.28. The Morgan fingerprint density at radius 1 is 1.21 bits per heavy atom. The van der Waals surface area contributed by atoms with Gasteiger partial charge in [0.1, 0.15) is 11.6 Å². The van der Waals surface area contributed by atoms with Crippen molar-refractivity contribution in [2.75, 3.05) is 43.1 Å². The highest BCUT2D eigenvalue weighted by atomic mass is 32.1. The van der Waals surface area contributed by atoms with E-state index in [0.717, 1.165) is 70.5 Å². The number of nitrogens with two attached hydrogens (primary N) is 2. The molecular formula is C30H34N6O2S. The third-order valence-electron chi connectivity index (χ3n) is 6.98. The Bertz CT molecular complexity index is 1510. The summed E-state index contributed by atoms with van der Waals surface area (Å²) in [7, 11) is 1.59. The molecule has 6 N–H and O–H groups in total. The molecule has 2 aromatic carbocycles. The Labute approximate surface area is 232 Å². The maximum atomic E-state index is 12.6. The number of likely N-dealkylation sites (tertiary alicyclic amines) is 1. The summed E-state index contributed by atoms with van der Waals surface area (Å²) >= 11 is 1.64. The van der Waals surface area contributed by atoms with Crippen molar-refractivity contribution in [2.24, 2.45) is 5.73 Å². The van der Waals surface area contributed by atoms with Gasteiger partial charge in [-0.25, -0.2) is 9.78 Å². The van der Waals surface area contributed by atoms with Crippen LogP contribution < -0.4 is 26.8 Å². The first kappa shape index (κ1) is 26.7. The van der Waals surface area contributed by atoms with Crippen LogP contribution in [-0.4, -0.2) is 48.7 Å². The summed E-state index contributed by atoms with van der Waals surface area (Å²) in [5.41, 5.74) is 17.7. The zero-order valence-corrected chi connectivity index (χ0v) is 23.1. The number of anilines is 3. The molecular weight excluding hydrogens is 508 g/mol. The molecule has 5 rings (SSSR count). The molecule has 3 heterocycles. The number of thiophene rings is 1. The number of hydrogen-bond acceptors (Lipinski definition) is 7. The summed E-state index contributed by atoms with van der Waals surface area (Å²) in [6, 6.07) is 13.3. The number of ether oxygens (including phenoxy) is 1. The van der Waals surface area contributed by atoms with Crippen molar-refractivity contribution in [3.8, 4) is 16.9 Å².